The lowest BCUT2D eigenvalue weighted by Crippen LogP contribution is -2.40. The van der Waals surface area contributed by atoms with Crippen LogP contribution in [0.25, 0.3) is 0 Å². The molecule has 1 fully saturated rings. The highest BCUT2D eigenvalue weighted by molar-refractivity contribution is 5.36. The van der Waals surface area contributed by atoms with Crippen molar-refractivity contribution < 1.29 is 19.3 Å². The highest BCUT2D eigenvalue weighted by atomic mass is 16.5. The number of β-amino-alcohol motifs (C(OH)–C–C–N with tert-alkyl or cyclic N) is 1. The molecular formula is C22H29NO4. The van der Waals surface area contributed by atoms with Gasteiger partial charge in [-0.05, 0) is 67.7 Å². The fourth-order valence-corrected chi connectivity index (χ4v) is 3.65. The maximum absolute atomic E-state index is 10.3. The Labute approximate surface area is 161 Å². The zero-order valence-electron chi connectivity index (χ0n) is 16.1. The van der Waals surface area contributed by atoms with Gasteiger partial charge in [0.1, 0.15) is 30.0 Å². The first-order chi connectivity index (χ1) is 13.2. The largest absolute Gasteiger partial charge is 0.497 e. The van der Waals surface area contributed by atoms with Crippen LogP contribution in [-0.4, -0.2) is 56.6 Å². The van der Waals surface area contributed by atoms with Gasteiger partial charge in [0.25, 0.3) is 0 Å². The van der Waals surface area contributed by atoms with Crippen LogP contribution >= 0.6 is 0 Å². The molecule has 0 aromatic heterocycles. The molecule has 5 heteroatoms. The maximum Gasteiger partial charge on any atom is 0.122 e. The molecule has 2 aromatic rings. The van der Waals surface area contributed by atoms with Gasteiger partial charge in [0.2, 0.25) is 0 Å². The number of aliphatic hydroxyl groups excluding tert-OH is 1. The van der Waals surface area contributed by atoms with Crippen molar-refractivity contribution in [3.8, 4) is 17.2 Å². The Morgan fingerprint density at radius 1 is 0.963 bits per heavy atom. The second-order valence-corrected chi connectivity index (χ2v) is 6.96. The van der Waals surface area contributed by atoms with E-state index < -0.39 is 6.10 Å². The molecule has 0 radical (unpaired) electrons. The van der Waals surface area contributed by atoms with Crippen molar-refractivity contribution in [3.05, 3.63) is 54.1 Å². The first kappa shape index (κ1) is 19.5. The van der Waals surface area contributed by atoms with E-state index in [0.717, 1.165) is 43.2 Å². The summed E-state index contributed by atoms with van der Waals surface area (Å²) in [6.45, 7) is 2.87. The number of aliphatic hydroxyl groups is 1. The number of benzene rings is 2. The minimum Gasteiger partial charge on any atom is -0.497 e. The number of rotatable bonds is 8. The van der Waals surface area contributed by atoms with Gasteiger partial charge < -0.3 is 24.2 Å². The number of hydrogen-bond donors (Lipinski definition) is 1. The second kappa shape index (κ2) is 9.62. The average molecular weight is 371 g/mol. The van der Waals surface area contributed by atoms with Crippen LogP contribution in [0.2, 0.25) is 0 Å². The second-order valence-electron chi connectivity index (χ2n) is 6.96. The summed E-state index contributed by atoms with van der Waals surface area (Å²) in [4.78, 5) is 2.31. The van der Waals surface area contributed by atoms with Crippen LogP contribution in [0.4, 0.5) is 0 Å². The molecule has 1 aliphatic heterocycles. The van der Waals surface area contributed by atoms with E-state index in [1.165, 1.54) is 5.56 Å². The summed E-state index contributed by atoms with van der Waals surface area (Å²) >= 11 is 0. The van der Waals surface area contributed by atoms with Crippen molar-refractivity contribution in [2.75, 3.05) is 40.5 Å². The minimum absolute atomic E-state index is 0.290. The van der Waals surface area contributed by atoms with E-state index in [1.807, 2.05) is 36.4 Å². The summed E-state index contributed by atoms with van der Waals surface area (Å²) in [6, 6.07) is 15.7. The molecule has 0 unspecified atom stereocenters. The first-order valence-electron chi connectivity index (χ1n) is 9.49. The highest BCUT2D eigenvalue weighted by Crippen LogP contribution is 2.33. The monoisotopic (exact) mass is 371 g/mol. The van der Waals surface area contributed by atoms with E-state index in [-0.39, 0.29) is 0 Å². The molecule has 2 aromatic carbocycles. The number of hydrogen-bond acceptors (Lipinski definition) is 5. The molecule has 0 spiro atoms. The third-order valence-corrected chi connectivity index (χ3v) is 5.14. The summed E-state index contributed by atoms with van der Waals surface area (Å²) in [5.41, 5.74) is 1.29. The number of ether oxygens (including phenoxy) is 3. The lowest BCUT2D eigenvalue weighted by atomic mass is 9.88. The van der Waals surface area contributed by atoms with Crippen LogP contribution in [0.3, 0.4) is 0 Å². The van der Waals surface area contributed by atoms with Crippen LogP contribution in [0.1, 0.15) is 24.3 Å². The first-order valence-corrected chi connectivity index (χ1v) is 9.49. The molecule has 1 heterocycles. The Morgan fingerprint density at radius 3 is 2.30 bits per heavy atom. The van der Waals surface area contributed by atoms with Crippen molar-refractivity contribution in [2.45, 2.75) is 24.9 Å². The van der Waals surface area contributed by atoms with E-state index >= 15 is 0 Å². The third-order valence-electron chi connectivity index (χ3n) is 5.14. The molecule has 27 heavy (non-hydrogen) atoms. The lowest BCUT2D eigenvalue weighted by molar-refractivity contribution is 0.0593. The fraction of sp³-hybridized carbons (Fsp3) is 0.455. The molecule has 3 rings (SSSR count). The van der Waals surface area contributed by atoms with Crippen LogP contribution < -0.4 is 14.2 Å². The SMILES string of the molecule is COc1ccc(OC[C@H](O)CN2CCC(c3ccccc3OC)CC2)cc1. The van der Waals surface area contributed by atoms with Gasteiger partial charge in [-0.25, -0.2) is 0 Å². The van der Waals surface area contributed by atoms with Gasteiger partial charge >= 0.3 is 0 Å². The number of piperidine rings is 1. The maximum atomic E-state index is 10.3. The number of nitrogens with zero attached hydrogens (tertiary/aromatic N) is 1. The van der Waals surface area contributed by atoms with Gasteiger partial charge in [-0.1, -0.05) is 18.2 Å². The quantitative estimate of drug-likeness (QED) is 0.771. The summed E-state index contributed by atoms with van der Waals surface area (Å²) in [5.74, 6) is 3.03. The Kier molecular flexibility index (Phi) is 6.96. The Bertz CT molecular complexity index is 696. The molecule has 0 aliphatic carbocycles. The van der Waals surface area contributed by atoms with E-state index in [1.54, 1.807) is 14.2 Å². The van der Waals surface area contributed by atoms with Crippen molar-refractivity contribution in [1.82, 2.24) is 4.90 Å². The van der Waals surface area contributed by atoms with Crippen LogP contribution in [0.5, 0.6) is 17.2 Å². The van der Waals surface area contributed by atoms with Gasteiger partial charge in [-0.2, -0.15) is 0 Å². The predicted molar refractivity (Wildman–Crippen MR) is 106 cm³/mol. The van der Waals surface area contributed by atoms with Crippen LogP contribution in [0.15, 0.2) is 48.5 Å². The summed E-state index contributed by atoms with van der Waals surface area (Å²) in [5, 5.41) is 10.3. The molecule has 0 saturated carbocycles. The Morgan fingerprint density at radius 2 is 1.63 bits per heavy atom. The van der Waals surface area contributed by atoms with Crippen molar-refractivity contribution in [2.24, 2.45) is 0 Å². The number of methoxy groups -OCH3 is 2. The normalized spacial score (nSPS) is 16.7. The molecule has 0 bridgehead atoms. The molecule has 5 nitrogen and oxygen atoms in total. The average Bonchev–Trinajstić information content (AvgIpc) is 2.73. The smallest absolute Gasteiger partial charge is 0.122 e. The van der Waals surface area contributed by atoms with Crippen molar-refractivity contribution in [1.29, 1.82) is 0 Å². The molecule has 1 aliphatic rings. The van der Waals surface area contributed by atoms with Crippen molar-refractivity contribution in [3.63, 3.8) is 0 Å². The highest BCUT2D eigenvalue weighted by Gasteiger charge is 2.24. The van der Waals surface area contributed by atoms with Gasteiger partial charge in [-0.3, -0.25) is 0 Å². The number of likely N-dealkylation sites (tertiary alicyclic amines) is 1. The Hall–Kier alpha value is -2.24. The van der Waals surface area contributed by atoms with Gasteiger partial charge in [0, 0.05) is 6.54 Å². The van der Waals surface area contributed by atoms with Crippen LogP contribution in [0, 0.1) is 0 Å². The zero-order valence-corrected chi connectivity index (χ0v) is 16.1. The molecule has 146 valence electrons. The van der Waals surface area contributed by atoms with Gasteiger partial charge in [-0.15, -0.1) is 0 Å². The van der Waals surface area contributed by atoms with E-state index in [4.69, 9.17) is 14.2 Å². The summed E-state index contributed by atoms with van der Waals surface area (Å²) < 4.78 is 16.3. The number of para-hydroxylation sites is 1. The predicted octanol–water partition coefficient (Wildman–Crippen LogP) is 3.32. The van der Waals surface area contributed by atoms with Crippen molar-refractivity contribution >= 4 is 0 Å². The van der Waals surface area contributed by atoms with Gasteiger partial charge in [0.05, 0.1) is 14.2 Å². The van der Waals surface area contributed by atoms with E-state index in [0.29, 0.717) is 19.1 Å². The Balaban J connectivity index is 1.43. The topological polar surface area (TPSA) is 51.2 Å². The lowest BCUT2D eigenvalue weighted by Gasteiger charge is -2.33. The molecule has 0 amide bonds. The molecule has 1 atom stereocenters. The zero-order chi connectivity index (χ0) is 19.1. The summed E-state index contributed by atoms with van der Waals surface area (Å²) in [7, 11) is 3.36. The van der Waals surface area contributed by atoms with Crippen LogP contribution in [-0.2, 0) is 0 Å². The molecule has 1 saturated heterocycles. The molecule has 1 N–H and O–H groups in total. The van der Waals surface area contributed by atoms with E-state index in [2.05, 4.69) is 17.0 Å². The third kappa shape index (κ3) is 5.37. The standard InChI is InChI=1S/C22H29NO4/c1-25-19-7-9-20(10-8-19)27-16-18(24)15-23-13-11-17(12-14-23)21-5-3-4-6-22(21)26-2/h3-10,17-18,24H,11-16H2,1-2H3/t18-/m1/s1. The van der Waals surface area contributed by atoms with Gasteiger partial charge in [0.15, 0.2) is 0 Å². The summed E-state index contributed by atoms with van der Waals surface area (Å²) in [6.07, 6.45) is 1.65. The van der Waals surface area contributed by atoms with E-state index in [9.17, 15) is 5.11 Å². The minimum atomic E-state index is -0.505. The molecular weight excluding hydrogens is 342 g/mol. The fourth-order valence-electron chi connectivity index (χ4n) is 3.65.